The number of para-hydroxylation sites is 1. The lowest BCUT2D eigenvalue weighted by Gasteiger charge is -2.17. The third kappa shape index (κ3) is 3.35. The molecule has 1 aliphatic heterocycles. The molecular weight excluding hydrogens is 266 g/mol. The summed E-state index contributed by atoms with van der Waals surface area (Å²) in [6.07, 6.45) is 2.89. The van der Waals surface area contributed by atoms with Crippen LogP contribution in [0.2, 0.25) is 0 Å². The van der Waals surface area contributed by atoms with E-state index in [2.05, 4.69) is 10.6 Å². The topological polar surface area (TPSA) is 61.4 Å². The minimum absolute atomic E-state index is 0.0525. The molecule has 5 heteroatoms. The van der Waals surface area contributed by atoms with Crippen LogP contribution < -0.4 is 10.6 Å². The summed E-state index contributed by atoms with van der Waals surface area (Å²) in [4.78, 5) is 25.9. The highest BCUT2D eigenvalue weighted by atomic mass is 16.2. The number of carbonyl (C=O) groups is 2. The molecule has 0 aromatic heterocycles. The van der Waals surface area contributed by atoms with E-state index in [0.717, 1.165) is 37.1 Å². The molecule has 0 bridgehead atoms. The van der Waals surface area contributed by atoms with Gasteiger partial charge < -0.3 is 15.5 Å². The van der Waals surface area contributed by atoms with Gasteiger partial charge in [0, 0.05) is 30.7 Å². The summed E-state index contributed by atoms with van der Waals surface area (Å²) in [5, 5.41) is 5.82. The maximum absolute atomic E-state index is 12.0. The van der Waals surface area contributed by atoms with Gasteiger partial charge in [-0.1, -0.05) is 18.2 Å². The molecule has 1 atom stereocenters. The van der Waals surface area contributed by atoms with Gasteiger partial charge in [0.15, 0.2) is 0 Å². The van der Waals surface area contributed by atoms with Crippen molar-refractivity contribution in [3.8, 4) is 0 Å². The summed E-state index contributed by atoms with van der Waals surface area (Å²) in [6.45, 7) is 3.35. The van der Waals surface area contributed by atoms with Crippen LogP contribution in [0.1, 0.15) is 24.8 Å². The quantitative estimate of drug-likeness (QED) is 0.894. The smallest absolute Gasteiger partial charge is 0.319 e. The minimum atomic E-state index is -0.199. The van der Waals surface area contributed by atoms with Gasteiger partial charge in [-0.25, -0.2) is 4.79 Å². The minimum Gasteiger partial charge on any atom is -0.340 e. The molecule has 3 amide bonds. The first-order chi connectivity index (χ1) is 10.1. The molecule has 1 heterocycles. The lowest BCUT2D eigenvalue weighted by atomic mass is 10.2. The van der Waals surface area contributed by atoms with Crippen molar-refractivity contribution < 1.29 is 9.59 Å². The third-order valence-corrected chi connectivity index (χ3v) is 4.16. The van der Waals surface area contributed by atoms with Crippen molar-refractivity contribution in [3.63, 3.8) is 0 Å². The molecule has 0 radical (unpaired) electrons. The molecule has 1 aromatic carbocycles. The molecule has 2 fully saturated rings. The molecule has 2 N–H and O–H groups in total. The van der Waals surface area contributed by atoms with Crippen LogP contribution in [0.4, 0.5) is 10.5 Å². The van der Waals surface area contributed by atoms with E-state index in [1.165, 1.54) is 0 Å². The first-order valence-corrected chi connectivity index (χ1v) is 7.55. The number of nitrogens with zero attached hydrogens (tertiary/aromatic N) is 1. The zero-order valence-electron chi connectivity index (χ0n) is 12.3. The highest BCUT2D eigenvalue weighted by molar-refractivity contribution is 5.90. The van der Waals surface area contributed by atoms with Crippen LogP contribution >= 0.6 is 0 Å². The maximum atomic E-state index is 12.0. The highest BCUT2D eigenvalue weighted by Gasteiger charge is 2.36. The van der Waals surface area contributed by atoms with Crippen LogP contribution in [0.15, 0.2) is 24.3 Å². The molecule has 2 aliphatic rings. The summed E-state index contributed by atoms with van der Waals surface area (Å²) in [5.74, 6) is 0.517. The fraction of sp³-hybridized carbons (Fsp3) is 0.500. The second kappa shape index (κ2) is 5.76. The van der Waals surface area contributed by atoms with Crippen molar-refractivity contribution in [2.24, 2.45) is 5.92 Å². The van der Waals surface area contributed by atoms with Crippen LogP contribution in [0.25, 0.3) is 0 Å². The summed E-state index contributed by atoms with van der Waals surface area (Å²) in [5.41, 5.74) is 1.85. The molecular formula is C16H21N3O2. The number of carbonyl (C=O) groups excluding carboxylic acids is 2. The summed E-state index contributed by atoms with van der Waals surface area (Å²) < 4.78 is 0. The molecule has 1 aliphatic carbocycles. The first kappa shape index (κ1) is 13.9. The van der Waals surface area contributed by atoms with Gasteiger partial charge >= 0.3 is 6.03 Å². The number of anilines is 1. The number of amides is 3. The number of likely N-dealkylation sites (tertiary alicyclic amines) is 1. The SMILES string of the molecule is Cc1ccccc1NC(=O)N[C@H]1CCN(C(=O)C2CC2)C1. The number of nitrogens with one attached hydrogen (secondary N) is 2. The lowest BCUT2D eigenvalue weighted by molar-refractivity contribution is -0.131. The van der Waals surface area contributed by atoms with Crippen LogP contribution in [-0.2, 0) is 4.79 Å². The number of urea groups is 1. The Bertz CT molecular complexity index is 554. The zero-order chi connectivity index (χ0) is 14.8. The Morgan fingerprint density at radius 1 is 1.19 bits per heavy atom. The zero-order valence-corrected chi connectivity index (χ0v) is 12.3. The Balaban J connectivity index is 1.49. The number of benzene rings is 1. The Morgan fingerprint density at radius 2 is 1.95 bits per heavy atom. The van der Waals surface area contributed by atoms with E-state index in [1.54, 1.807) is 0 Å². The van der Waals surface area contributed by atoms with Gasteiger partial charge in [0.2, 0.25) is 5.91 Å². The van der Waals surface area contributed by atoms with Gasteiger partial charge in [0.05, 0.1) is 0 Å². The largest absolute Gasteiger partial charge is 0.340 e. The van der Waals surface area contributed by atoms with Crippen molar-refractivity contribution in [3.05, 3.63) is 29.8 Å². The van der Waals surface area contributed by atoms with Crippen LogP contribution in [0.3, 0.4) is 0 Å². The van der Waals surface area contributed by atoms with E-state index in [9.17, 15) is 9.59 Å². The molecule has 1 aromatic rings. The Kier molecular flexibility index (Phi) is 3.82. The molecule has 1 saturated carbocycles. The predicted molar refractivity (Wildman–Crippen MR) is 81.0 cm³/mol. The van der Waals surface area contributed by atoms with Crippen molar-refractivity contribution in [2.45, 2.75) is 32.2 Å². The van der Waals surface area contributed by atoms with Gasteiger partial charge in [-0.05, 0) is 37.8 Å². The molecule has 1 saturated heterocycles. The van der Waals surface area contributed by atoms with Crippen LogP contribution in [0, 0.1) is 12.8 Å². The summed E-state index contributed by atoms with van der Waals surface area (Å²) in [6, 6.07) is 7.53. The average molecular weight is 287 g/mol. The van der Waals surface area contributed by atoms with E-state index in [4.69, 9.17) is 0 Å². The molecule has 3 rings (SSSR count). The number of hydrogen-bond acceptors (Lipinski definition) is 2. The number of hydrogen-bond donors (Lipinski definition) is 2. The monoisotopic (exact) mass is 287 g/mol. The Labute approximate surface area is 124 Å². The number of aryl methyl sites for hydroxylation is 1. The van der Waals surface area contributed by atoms with Gasteiger partial charge in [0.25, 0.3) is 0 Å². The van der Waals surface area contributed by atoms with Crippen LogP contribution in [0.5, 0.6) is 0 Å². The third-order valence-electron chi connectivity index (χ3n) is 4.16. The summed E-state index contributed by atoms with van der Waals surface area (Å²) >= 11 is 0. The molecule has 5 nitrogen and oxygen atoms in total. The second-order valence-corrected chi connectivity index (χ2v) is 5.96. The molecule has 21 heavy (non-hydrogen) atoms. The summed E-state index contributed by atoms with van der Waals surface area (Å²) in [7, 11) is 0. The van der Waals surface area contributed by atoms with E-state index < -0.39 is 0 Å². The second-order valence-electron chi connectivity index (χ2n) is 5.96. The van der Waals surface area contributed by atoms with Crippen molar-refractivity contribution in [1.82, 2.24) is 10.2 Å². The lowest BCUT2D eigenvalue weighted by Crippen LogP contribution is -2.41. The van der Waals surface area contributed by atoms with E-state index in [0.29, 0.717) is 6.54 Å². The Morgan fingerprint density at radius 3 is 2.67 bits per heavy atom. The van der Waals surface area contributed by atoms with Crippen molar-refractivity contribution in [1.29, 1.82) is 0 Å². The normalized spacial score (nSPS) is 21.2. The fourth-order valence-electron chi connectivity index (χ4n) is 2.72. The van der Waals surface area contributed by atoms with Gasteiger partial charge in [-0.3, -0.25) is 4.79 Å². The highest BCUT2D eigenvalue weighted by Crippen LogP contribution is 2.32. The fourth-order valence-corrected chi connectivity index (χ4v) is 2.72. The molecule has 112 valence electrons. The molecule has 0 spiro atoms. The number of rotatable bonds is 3. The van der Waals surface area contributed by atoms with Gasteiger partial charge in [-0.15, -0.1) is 0 Å². The standard InChI is InChI=1S/C16H21N3O2/c1-11-4-2-3-5-14(11)18-16(21)17-13-8-9-19(10-13)15(20)12-6-7-12/h2-5,12-13H,6-10H2,1H3,(H2,17,18,21)/t13-/m0/s1. The van der Waals surface area contributed by atoms with E-state index in [-0.39, 0.29) is 23.9 Å². The maximum Gasteiger partial charge on any atom is 0.319 e. The predicted octanol–water partition coefficient (Wildman–Crippen LogP) is 2.13. The molecule has 0 unspecified atom stereocenters. The van der Waals surface area contributed by atoms with E-state index in [1.807, 2.05) is 36.1 Å². The van der Waals surface area contributed by atoms with Gasteiger partial charge in [0.1, 0.15) is 0 Å². The van der Waals surface area contributed by atoms with E-state index >= 15 is 0 Å². The van der Waals surface area contributed by atoms with Crippen LogP contribution in [-0.4, -0.2) is 36.0 Å². The first-order valence-electron chi connectivity index (χ1n) is 7.55. The van der Waals surface area contributed by atoms with Gasteiger partial charge in [-0.2, -0.15) is 0 Å². The van der Waals surface area contributed by atoms with Crippen molar-refractivity contribution >= 4 is 17.6 Å². The Hall–Kier alpha value is -2.04. The average Bonchev–Trinajstić information content (AvgIpc) is 3.21. The van der Waals surface area contributed by atoms with Crippen molar-refractivity contribution in [2.75, 3.05) is 18.4 Å².